The minimum absolute atomic E-state index is 0. The van der Waals surface area contributed by atoms with Crippen molar-refractivity contribution < 1.29 is 31.0 Å². The number of allylic oxidation sites excluding steroid dienone is 1. The van der Waals surface area contributed by atoms with Crippen LogP contribution in [0.2, 0.25) is 0 Å². The molecule has 3 rings (SSSR count). The van der Waals surface area contributed by atoms with E-state index in [1.165, 1.54) is 21.9 Å². The van der Waals surface area contributed by atoms with Crippen LogP contribution in [0.3, 0.4) is 0 Å². The molecule has 0 fully saturated rings. The zero-order valence-corrected chi connectivity index (χ0v) is 10.3. The summed E-state index contributed by atoms with van der Waals surface area (Å²) in [5.41, 5.74) is 2.81. The van der Waals surface area contributed by atoms with Crippen molar-refractivity contribution in [3.8, 4) is 0 Å². The number of hydrogen-bond donors (Lipinski definition) is 0. The Hall–Kier alpha value is -0.560. The summed E-state index contributed by atoms with van der Waals surface area (Å²) >= 11 is 0. The minimum atomic E-state index is 0. The van der Waals surface area contributed by atoms with E-state index >= 15 is 0 Å². The first kappa shape index (κ1) is 9.97. The van der Waals surface area contributed by atoms with Crippen molar-refractivity contribution in [1.29, 1.82) is 0 Å². The fourth-order valence-corrected chi connectivity index (χ4v) is 2.07. The fourth-order valence-electron chi connectivity index (χ4n) is 2.07. The van der Waals surface area contributed by atoms with E-state index in [1.54, 1.807) is 0 Å². The third-order valence-electron chi connectivity index (χ3n) is 2.66. The Morgan fingerprint density at radius 3 is 2.64 bits per heavy atom. The minimum Gasteiger partial charge on any atom is -1.00 e. The number of hydrogen-bond acceptors (Lipinski definition) is 0. The first-order valence-electron chi connectivity index (χ1n) is 4.62. The van der Waals surface area contributed by atoms with Gasteiger partial charge < -0.3 is 1.43 Å². The molecule has 14 heavy (non-hydrogen) atoms. The summed E-state index contributed by atoms with van der Waals surface area (Å²) in [7, 11) is 0. The van der Waals surface area contributed by atoms with Gasteiger partial charge in [-0.15, -0.1) is 0 Å². The molecule has 0 heterocycles. The average Bonchev–Trinajstić information content (AvgIpc) is 2.19. The second kappa shape index (κ2) is 3.90. The van der Waals surface area contributed by atoms with Crippen LogP contribution in [0.25, 0.3) is 16.8 Å². The van der Waals surface area contributed by atoms with Crippen molar-refractivity contribution in [2.45, 2.75) is 6.42 Å². The fraction of sp³-hybridized carbons (Fsp3) is 0.0769. The zero-order valence-electron chi connectivity index (χ0n) is 9.33. The van der Waals surface area contributed by atoms with Gasteiger partial charge in [-0.2, -0.15) is 0 Å². The summed E-state index contributed by atoms with van der Waals surface area (Å²) in [5, 5.41) is 2.80. The molecule has 0 spiro atoms. The van der Waals surface area contributed by atoms with Gasteiger partial charge in [0.05, 0.1) is 0 Å². The second-order valence-electron chi connectivity index (χ2n) is 3.47. The van der Waals surface area contributed by atoms with Gasteiger partial charge >= 0.3 is 29.6 Å². The van der Waals surface area contributed by atoms with Crippen LogP contribution in [0.1, 0.15) is 12.6 Å². The largest absolute Gasteiger partial charge is 1.00 e. The maximum Gasteiger partial charge on any atom is 1.00 e. The third kappa shape index (κ3) is 1.44. The molecule has 0 aliphatic heterocycles. The molecule has 1 heteroatoms. The molecule has 64 valence electrons. The molecule has 0 N–H and O–H groups in total. The summed E-state index contributed by atoms with van der Waals surface area (Å²) in [6.45, 7) is 0. The second-order valence-corrected chi connectivity index (χ2v) is 3.47. The molecular weight excluding hydrogens is 179 g/mol. The molecule has 0 nitrogen and oxygen atoms in total. The van der Waals surface area contributed by atoms with Crippen LogP contribution in [0.15, 0.2) is 42.5 Å². The molecule has 1 aliphatic carbocycles. The predicted molar refractivity (Wildman–Crippen MR) is 57.8 cm³/mol. The number of benzene rings is 2. The van der Waals surface area contributed by atoms with Gasteiger partial charge in [0.2, 0.25) is 0 Å². The first-order valence-corrected chi connectivity index (χ1v) is 4.62. The smallest absolute Gasteiger partial charge is 1.00 e. The van der Waals surface area contributed by atoms with Gasteiger partial charge in [-0.1, -0.05) is 48.6 Å². The van der Waals surface area contributed by atoms with Crippen molar-refractivity contribution in [2.24, 2.45) is 0 Å². The van der Waals surface area contributed by atoms with E-state index in [4.69, 9.17) is 0 Å². The SMILES string of the molecule is C1=Cc2cccc3cccc(c23)C1.[H-].[Na+]. The van der Waals surface area contributed by atoms with E-state index in [9.17, 15) is 0 Å². The van der Waals surface area contributed by atoms with Crippen LogP contribution in [0.4, 0.5) is 0 Å². The maximum atomic E-state index is 2.23. The van der Waals surface area contributed by atoms with E-state index in [0.29, 0.717) is 0 Å². The van der Waals surface area contributed by atoms with Crippen LogP contribution >= 0.6 is 0 Å². The van der Waals surface area contributed by atoms with Crippen molar-refractivity contribution in [3.63, 3.8) is 0 Å². The van der Waals surface area contributed by atoms with Gasteiger partial charge in [-0.05, 0) is 28.3 Å². The normalized spacial score (nSPS) is 12.6. The number of rotatable bonds is 0. The Morgan fingerprint density at radius 2 is 1.79 bits per heavy atom. The predicted octanol–water partition coefficient (Wildman–Crippen LogP) is 0.526. The molecule has 0 saturated heterocycles. The topological polar surface area (TPSA) is 0 Å². The summed E-state index contributed by atoms with van der Waals surface area (Å²) in [6, 6.07) is 13.0. The molecule has 0 saturated carbocycles. The van der Waals surface area contributed by atoms with Crippen molar-refractivity contribution in [3.05, 3.63) is 53.6 Å². The van der Waals surface area contributed by atoms with E-state index in [-0.39, 0.29) is 31.0 Å². The first-order chi connectivity index (χ1) is 6.45. The molecule has 0 unspecified atom stereocenters. The zero-order chi connectivity index (χ0) is 8.67. The molecule has 1 aliphatic rings. The summed E-state index contributed by atoms with van der Waals surface area (Å²) in [5.74, 6) is 0. The van der Waals surface area contributed by atoms with Gasteiger partial charge in [0.25, 0.3) is 0 Å². The van der Waals surface area contributed by atoms with Crippen LogP contribution in [0.5, 0.6) is 0 Å². The summed E-state index contributed by atoms with van der Waals surface area (Å²) in [4.78, 5) is 0. The van der Waals surface area contributed by atoms with Gasteiger partial charge in [0, 0.05) is 0 Å². The summed E-state index contributed by atoms with van der Waals surface area (Å²) in [6.07, 6.45) is 5.53. The Balaban J connectivity index is 0.000000562. The Bertz CT molecular complexity index is 498. The van der Waals surface area contributed by atoms with E-state index < -0.39 is 0 Å². The Kier molecular flexibility index (Phi) is 2.78. The Morgan fingerprint density at radius 1 is 1.00 bits per heavy atom. The molecule has 0 radical (unpaired) electrons. The maximum absolute atomic E-state index is 2.23. The molecule has 2 aromatic carbocycles. The van der Waals surface area contributed by atoms with E-state index in [0.717, 1.165) is 6.42 Å². The molecule has 0 bridgehead atoms. The van der Waals surface area contributed by atoms with Gasteiger partial charge in [0.1, 0.15) is 0 Å². The van der Waals surface area contributed by atoms with Crippen LogP contribution < -0.4 is 29.6 Å². The van der Waals surface area contributed by atoms with E-state index in [1.807, 2.05) is 0 Å². The average molecular weight is 190 g/mol. The molecular formula is C13H11Na. The van der Waals surface area contributed by atoms with Crippen LogP contribution in [-0.4, -0.2) is 0 Å². The van der Waals surface area contributed by atoms with Gasteiger partial charge in [0.15, 0.2) is 0 Å². The molecule has 0 amide bonds. The third-order valence-corrected chi connectivity index (χ3v) is 2.66. The van der Waals surface area contributed by atoms with Crippen LogP contribution in [0, 0.1) is 0 Å². The monoisotopic (exact) mass is 190 g/mol. The summed E-state index contributed by atoms with van der Waals surface area (Å²) < 4.78 is 0. The van der Waals surface area contributed by atoms with Gasteiger partial charge in [-0.3, -0.25) is 0 Å². The molecule has 0 atom stereocenters. The Labute approximate surface area is 107 Å². The van der Waals surface area contributed by atoms with Crippen LogP contribution in [-0.2, 0) is 6.42 Å². The van der Waals surface area contributed by atoms with E-state index in [2.05, 4.69) is 48.6 Å². The van der Waals surface area contributed by atoms with Crippen molar-refractivity contribution in [2.75, 3.05) is 0 Å². The standard InChI is InChI=1S/C13H10.Na.H/c1-4-10-6-2-8-12-9-3-7-11(5-1)13(10)12;;/h1-8H,9H2;;/q;+1;-1. The van der Waals surface area contributed by atoms with Crippen molar-refractivity contribution >= 4 is 16.8 Å². The molecule has 2 aromatic rings. The van der Waals surface area contributed by atoms with Crippen molar-refractivity contribution in [1.82, 2.24) is 0 Å². The van der Waals surface area contributed by atoms with Gasteiger partial charge in [-0.25, -0.2) is 0 Å². The molecule has 0 aromatic heterocycles. The quantitative estimate of drug-likeness (QED) is 0.531.